The van der Waals surface area contributed by atoms with Crippen molar-refractivity contribution in [2.24, 2.45) is 0 Å². The number of nitrogens with zero attached hydrogens (tertiary/aromatic N) is 1. The van der Waals surface area contributed by atoms with Gasteiger partial charge in [-0.1, -0.05) is 0 Å². The first-order chi connectivity index (χ1) is 9.47. The van der Waals surface area contributed by atoms with Gasteiger partial charge in [0.25, 0.3) is 5.91 Å². The zero-order chi connectivity index (χ0) is 14.7. The minimum absolute atomic E-state index is 0.0312. The number of carboxylic acids is 1. The summed E-state index contributed by atoms with van der Waals surface area (Å²) in [6.45, 7) is 0. The van der Waals surface area contributed by atoms with Crippen molar-refractivity contribution < 1.29 is 23.5 Å². The van der Waals surface area contributed by atoms with Gasteiger partial charge in [0.1, 0.15) is 17.5 Å². The van der Waals surface area contributed by atoms with Crippen LogP contribution >= 0.6 is 0 Å². The van der Waals surface area contributed by atoms with Crippen molar-refractivity contribution in [3.8, 4) is 0 Å². The minimum atomic E-state index is -1.16. The highest BCUT2D eigenvalue weighted by molar-refractivity contribution is 6.04. The van der Waals surface area contributed by atoms with Crippen LogP contribution in [0.4, 0.5) is 14.6 Å². The predicted octanol–water partition coefficient (Wildman–Crippen LogP) is 2.31. The first kappa shape index (κ1) is 13.6. The van der Waals surface area contributed by atoms with Crippen molar-refractivity contribution in [2.45, 2.75) is 0 Å². The zero-order valence-electron chi connectivity index (χ0n) is 9.93. The van der Waals surface area contributed by atoms with E-state index in [9.17, 15) is 18.4 Å². The lowest BCUT2D eigenvalue weighted by molar-refractivity contribution is 0.0696. The monoisotopic (exact) mass is 278 g/mol. The fourth-order valence-electron chi connectivity index (χ4n) is 1.45. The van der Waals surface area contributed by atoms with Gasteiger partial charge in [-0.05, 0) is 30.3 Å². The number of hydrogen-bond donors (Lipinski definition) is 2. The maximum Gasteiger partial charge on any atom is 0.337 e. The standard InChI is InChI=1S/C13H8F2N2O3/c14-8-2-3-10(15)9(5-8)12(18)17-11-4-1-7(6-16-11)13(19)20/h1-6H,(H,19,20)(H,16,17,18). The Balaban J connectivity index is 2.19. The molecule has 20 heavy (non-hydrogen) atoms. The fourth-order valence-corrected chi connectivity index (χ4v) is 1.45. The second-order valence-electron chi connectivity index (χ2n) is 3.82. The summed E-state index contributed by atoms with van der Waals surface area (Å²) in [4.78, 5) is 26.0. The SMILES string of the molecule is O=C(O)c1ccc(NC(=O)c2cc(F)ccc2F)nc1. The van der Waals surface area contributed by atoms with Crippen LogP contribution in [-0.4, -0.2) is 22.0 Å². The molecule has 0 unspecified atom stereocenters. The molecular weight excluding hydrogens is 270 g/mol. The van der Waals surface area contributed by atoms with Crippen molar-refractivity contribution in [3.63, 3.8) is 0 Å². The molecular formula is C13H8F2N2O3. The van der Waals surface area contributed by atoms with Crippen LogP contribution in [-0.2, 0) is 0 Å². The van der Waals surface area contributed by atoms with E-state index in [0.717, 1.165) is 24.4 Å². The van der Waals surface area contributed by atoms with Crippen LogP contribution < -0.4 is 5.32 Å². The molecule has 0 bridgehead atoms. The van der Waals surface area contributed by atoms with Crippen molar-refractivity contribution >= 4 is 17.7 Å². The highest BCUT2D eigenvalue weighted by atomic mass is 19.1. The van der Waals surface area contributed by atoms with Gasteiger partial charge in [-0.25, -0.2) is 18.6 Å². The van der Waals surface area contributed by atoms with Crippen LogP contribution in [0.1, 0.15) is 20.7 Å². The second-order valence-corrected chi connectivity index (χ2v) is 3.82. The third-order valence-corrected chi connectivity index (χ3v) is 2.43. The van der Waals surface area contributed by atoms with E-state index in [2.05, 4.69) is 10.3 Å². The molecule has 2 aromatic rings. The lowest BCUT2D eigenvalue weighted by Gasteiger charge is -2.05. The quantitative estimate of drug-likeness (QED) is 0.903. The molecule has 1 aromatic heterocycles. The Hall–Kier alpha value is -2.83. The Morgan fingerprint density at radius 3 is 2.50 bits per heavy atom. The number of carbonyl (C=O) groups is 2. The van der Waals surface area contributed by atoms with Crippen LogP contribution in [0.25, 0.3) is 0 Å². The molecule has 1 aromatic carbocycles. The number of benzene rings is 1. The summed E-state index contributed by atoms with van der Waals surface area (Å²) in [6.07, 6.45) is 1.04. The molecule has 2 N–H and O–H groups in total. The average Bonchev–Trinajstić information content (AvgIpc) is 2.42. The minimum Gasteiger partial charge on any atom is -0.478 e. The van der Waals surface area contributed by atoms with Crippen molar-refractivity contribution in [2.75, 3.05) is 5.32 Å². The first-order valence-electron chi connectivity index (χ1n) is 5.43. The number of rotatable bonds is 3. The number of carbonyl (C=O) groups excluding carboxylic acids is 1. The molecule has 0 atom stereocenters. The van der Waals surface area contributed by atoms with Gasteiger partial charge in [0, 0.05) is 6.20 Å². The van der Waals surface area contributed by atoms with E-state index in [0.29, 0.717) is 0 Å². The average molecular weight is 278 g/mol. The topological polar surface area (TPSA) is 79.3 Å². The van der Waals surface area contributed by atoms with Gasteiger partial charge in [0.2, 0.25) is 0 Å². The third kappa shape index (κ3) is 2.94. The summed E-state index contributed by atoms with van der Waals surface area (Å²) >= 11 is 0. The number of hydrogen-bond acceptors (Lipinski definition) is 3. The number of pyridine rings is 1. The number of aromatic nitrogens is 1. The maximum atomic E-state index is 13.4. The maximum absolute atomic E-state index is 13.4. The lowest BCUT2D eigenvalue weighted by Crippen LogP contribution is -2.15. The summed E-state index contributed by atoms with van der Waals surface area (Å²) in [6, 6.07) is 4.97. The van der Waals surface area contributed by atoms with Gasteiger partial charge in [0.15, 0.2) is 0 Å². The van der Waals surface area contributed by atoms with Gasteiger partial charge in [-0.2, -0.15) is 0 Å². The molecule has 0 aliphatic heterocycles. The summed E-state index contributed by atoms with van der Waals surface area (Å²) in [5.41, 5.74) is -0.519. The predicted molar refractivity (Wildman–Crippen MR) is 65.5 cm³/mol. The van der Waals surface area contributed by atoms with E-state index in [-0.39, 0.29) is 11.4 Å². The smallest absolute Gasteiger partial charge is 0.337 e. The number of halogens is 2. The van der Waals surface area contributed by atoms with E-state index in [1.165, 1.54) is 12.1 Å². The van der Waals surface area contributed by atoms with E-state index >= 15 is 0 Å². The molecule has 2 rings (SSSR count). The first-order valence-corrected chi connectivity index (χ1v) is 5.43. The second kappa shape index (κ2) is 5.43. The van der Waals surface area contributed by atoms with Crippen LogP contribution in [0.5, 0.6) is 0 Å². The molecule has 0 radical (unpaired) electrons. The summed E-state index contributed by atoms with van der Waals surface area (Å²) in [7, 11) is 0. The molecule has 0 spiro atoms. The number of anilines is 1. The van der Waals surface area contributed by atoms with Gasteiger partial charge >= 0.3 is 5.97 Å². The summed E-state index contributed by atoms with van der Waals surface area (Å²) in [5, 5.41) is 10.9. The van der Waals surface area contributed by atoms with Crippen molar-refractivity contribution in [1.29, 1.82) is 0 Å². The molecule has 0 aliphatic rings. The van der Waals surface area contributed by atoms with Crippen LogP contribution in [0.2, 0.25) is 0 Å². The Labute approximate surface area is 111 Å². The molecule has 102 valence electrons. The fraction of sp³-hybridized carbons (Fsp3) is 0. The lowest BCUT2D eigenvalue weighted by atomic mass is 10.2. The third-order valence-electron chi connectivity index (χ3n) is 2.43. The van der Waals surface area contributed by atoms with E-state index in [1.54, 1.807) is 0 Å². The van der Waals surface area contributed by atoms with Gasteiger partial charge in [-0.15, -0.1) is 0 Å². The van der Waals surface area contributed by atoms with E-state index in [1.807, 2.05) is 0 Å². The number of carboxylic acid groups (broad SMARTS) is 1. The molecule has 0 saturated carbocycles. The number of nitrogens with one attached hydrogen (secondary N) is 1. The van der Waals surface area contributed by atoms with E-state index in [4.69, 9.17) is 5.11 Å². The molecule has 1 amide bonds. The molecule has 7 heteroatoms. The van der Waals surface area contributed by atoms with Crippen LogP contribution in [0.15, 0.2) is 36.5 Å². The molecule has 0 fully saturated rings. The van der Waals surface area contributed by atoms with Crippen LogP contribution in [0, 0.1) is 11.6 Å². The highest BCUT2D eigenvalue weighted by Gasteiger charge is 2.13. The van der Waals surface area contributed by atoms with Gasteiger partial charge in [0.05, 0.1) is 11.1 Å². The Kier molecular flexibility index (Phi) is 3.69. The van der Waals surface area contributed by atoms with Gasteiger partial charge in [-0.3, -0.25) is 4.79 Å². The van der Waals surface area contributed by atoms with E-state index < -0.39 is 29.1 Å². The highest BCUT2D eigenvalue weighted by Crippen LogP contribution is 2.12. The zero-order valence-corrected chi connectivity index (χ0v) is 9.93. The summed E-state index contributed by atoms with van der Waals surface area (Å²) < 4.78 is 26.3. The Morgan fingerprint density at radius 2 is 1.90 bits per heavy atom. The van der Waals surface area contributed by atoms with Crippen molar-refractivity contribution in [3.05, 3.63) is 59.3 Å². The molecule has 1 heterocycles. The Bertz CT molecular complexity index is 672. The van der Waals surface area contributed by atoms with Crippen LogP contribution in [0.3, 0.4) is 0 Å². The van der Waals surface area contributed by atoms with Gasteiger partial charge < -0.3 is 10.4 Å². The molecule has 5 nitrogen and oxygen atoms in total. The summed E-state index contributed by atoms with van der Waals surface area (Å²) in [5.74, 6) is -3.62. The van der Waals surface area contributed by atoms with Crippen molar-refractivity contribution in [1.82, 2.24) is 4.98 Å². The number of aromatic carboxylic acids is 1. The molecule has 0 aliphatic carbocycles. The largest absolute Gasteiger partial charge is 0.478 e. The normalized spacial score (nSPS) is 10.1. The molecule has 0 saturated heterocycles. The number of amides is 1. The Morgan fingerprint density at radius 1 is 1.15 bits per heavy atom.